The molecule has 0 spiro atoms. The largest absolute Gasteiger partial charge is 0.313 e. The Morgan fingerprint density at radius 3 is 2.94 bits per heavy atom. The van der Waals surface area contributed by atoms with Gasteiger partial charge in [-0.25, -0.2) is 0 Å². The van der Waals surface area contributed by atoms with Crippen LogP contribution < -0.4 is 5.32 Å². The monoisotopic (exact) mass is 263 g/mol. The van der Waals surface area contributed by atoms with E-state index in [-0.39, 0.29) is 0 Å². The molecule has 2 saturated carbocycles. The Morgan fingerprint density at radius 2 is 2.33 bits per heavy atom. The summed E-state index contributed by atoms with van der Waals surface area (Å²) in [4.78, 5) is 0. The second-order valence-corrected chi connectivity index (χ2v) is 7.02. The molecule has 0 aromatic carbocycles. The Kier molecular flexibility index (Phi) is 4.05. The maximum atomic E-state index is 3.84. The molecule has 1 aromatic rings. The molecule has 2 heteroatoms. The lowest BCUT2D eigenvalue weighted by Crippen LogP contribution is -2.40. The topological polar surface area (TPSA) is 12.0 Å². The SMILES string of the molecule is CCCNC(Cc1ccsc1)C1CC2CCC1C2. The van der Waals surface area contributed by atoms with Gasteiger partial charge < -0.3 is 5.32 Å². The minimum Gasteiger partial charge on any atom is -0.313 e. The first kappa shape index (κ1) is 12.7. The molecule has 2 bridgehead atoms. The van der Waals surface area contributed by atoms with Gasteiger partial charge in [-0.05, 0) is 78.8 Å². The van der Waals surface area contributed by atoms with Crippen molar-refractivity contribution < 1.29 is 0 Å². The fraction of sp³-hybridized carbons (Fsp3) is 0.750. The van der Waals surface area contributed by atoms with Crippen molar-refractivity contribution in [2.24, 2.45) is 17.8 Å². The summed E-state index contributed by atoms with van der Waals surface area (Å²) in [5.41, 5.74) is 1.54. The van der Waals surface area contributed by atoms with Gasteiger partial charge in [0.25, 0.3) is 0 Å². The molecule has 100 valence electrons. The molecule has 4 unspecified atom stereocenters. The van der Waals surface area contributed by atoms with E-state index in [0.717, 1.165) is 23.8 Å². The molecule has 0 amide bonds. The lowest BCUT2D eigenvalue weighted by atomic mass is 9.81. The van der Waals surface area contributed by atoms with Crippen molar-refractivity contribution in [3.63, 3.8) is 0 Å². The standard InChI is InChI=1S/C16H25NS/c1-2-6-17-16(10-13-5-7-18-11-13)15-9-12-3-4-14(15)8-12/h5,7,11-12,14-17H,2-4,6,8-10H2,1H3. The summed E-state index contributed by atoms with van der Waals surface area (Å²) in [6, 6.07) is 3.04. The van der Waals surface area contributed by atoms with Gasteiger partial charge in [0, 0.05) is 6.04 Å². The number of thiophene rings is 1. The van der Waals surface area contributed by atoms with Gasteiger partial charge in [0.05, 0.1) is 0 Å². The highest BCUT2D eigenvalue weighted by atomic mass is 32.1. The van der Waals surface area contributed by atoms with E-state index in [1.54, 1.807) is 0 Å². The van der Waals surface area contributed by atoms with Crippen molar-refractivity contribution in [3.8, 4) is 0 Å². The molecule has 0 radical (unpaired) electrons. The maximum Gasteiger partial charge on any atom is 0.0139 e. The molecule has 0 saturated heterocycles. The normalized spacial score (nSPS) is 31.9. The van der Waals surface area contributed by atoms with Gasteiger partial charge in [-0.3, -0.25) is 0 Å². The summed E-state index contributed by atoms with van der Waals surface area (Å²) in [6.45, 7) is 3.46. The first-order valence-electron chi connectivity index (χ1n) is 7.61. The third-order valence-electron chi connectivity index (χ3n) is 5.00. The Hall–Kier alpha value is -0.340. The van der Waals surface area contributed by atoms with Crippen LogP contribution in [0.2, 0.25) is 0 Å². The highest BCUT2D eigenvalue weighted by molar-refractivity contribution is 7.07. The van der Waals surface area contributed by atoms with E-state index in [1.165, 1.54) is 50.6 Å². The van der Waals surface area contributed by atoms with Crippen molar-refractivity contribution in [1.82, 2.24) is 5.32 Å². The van der Waals surface area contributed by atoms with Crippen LogP contribution in [0, 0.1) is 17.8 Å². The zero-order chi connectivity index (χ0) is 12.4. The molecule has 2 fully saturated rings. The van der Waals surface area contributed by atoms with Crippen molar-refractivity contribution in [1.29, 1.82) is 0 Å². The van der Waals surface area contributed by atoms with E-state index in [4.69, 9.17) is 0 Å². The predicted octanol–water partition coefficient (Wildman–Crippen LogP) is 4.10. The molecule has 1 N–H and O–H groups in total. The quantitative estimate of drug-likeness (QED) is 0.815. The van der Waals surface area contributed by atoms with Crippen LogP contribution in [-0.2, 0) is 6.42 Å². The first-order chi connectivity index (χ1) is 8.86. The summed E-state index contributed by atoms with van der Waals surface area (Å²) >= 11 is 1.84. The highest BCUT2D eigenvalue weighted by Crippen LogP contribution is 2.49. The minimum atomic E-state index is 0.731. The summed E-state index contributed by atoms with van der Waals surface area (Å²) in [7, 11) is 0. The van der Waals surface area contributed by atoms with Crippen molar-refractivity contribution in [2.75, 3.05) is 6.54 Å². The van der Waals surface area contributed by atoms with E-state index in [0.29, 0.717) is 0 Å². The van der Waals surface area contributed by atoms with E-state index in [9.17, 15) is 0 Å². The zero-order valence-electron chi connectivity index (χ0n) is 11.4. The van der Waals surface area contributed by atoms with E-state index >= 15 is 0 Å². The molecule has 18 heavy (non-hydrogen) atoms. The second kappa shape index (κ2) is 5.75. The molecular formula is C16H25NS. The number of fused-ring (bicyclic) bond motifs is 2. The lowest BCUT2D eigenvalue weighted by Gasteiger charge is -2.31. The van der Waals surface area contributed by atoms with Gasteiger partial charge in [-0.15, -0.1) is 0 Å². The Morgan fingerprint density at radius 1 is 1.39 bits per heavy atom. The fourth-order valence-corrected chi connectivity index (χ4v) is 4.84. The smallest absolute Gasteiger partial charge is 0.0139 e. The van der Waals surface area contributed by atoms with Gasteiger partial charge in [0.15, 0.2) is 0 Å². The third kappa shape index (κ3) is 2.65. The Balaban J connectivity index is 1.65. The van der Waals surface area contributed by atoms with Crippen LogP contribution in [0.1, 0.15) is 44.6 Å². The van der Waals surface area contributed by atoms with Crippen molar-refractivity contribution >= 4 is 11.3 Å². The van der Waals surface area contributed by atoms with Gasteiger partial charge in [0.2, 0.25) is 0 Å². The van der Waals surface area contributed by atoms with Crippen LogP contribution in [0.25, 0.3) is 0 Å². The molecule has 2 aliphatic rings. The van der Waals surface area contributed by atoms with Crippen molar-refractivity contribution in [3.05, 3.63) is 22.4 Å². The Bertz CT molecular complexity index is 359. The highest BCUT2D eigenvalue weighted by Gasteiger charge is 2.42. The third-order valence-corrected chi connectivity index (χ3v) is 5.73. The van der Waals surface area contributed by atoms with E-state index in [2.05, 4.69) is 29.1 Å². The number of nitrogens with one attached hydrogen (secondary N) is 1. The molecule has 0 aliphatic heterocycles. The number of hydrogen-bond acceptors (Lipinski definition) is 2. The van der Waals surface area contributed by atoms with Crippen LogP contribution in [0.3, 0.4) is 0 Å². The van der Waals surface area contributed by atoms with Gasteiger partial charge in [-0.2, -0.15) is 11.3 Å². The molecule has 4 atom stereocenters. The fourth-order valence-electron chi connectivity index (χ4n) is 4.15. The van der Waals surface area contributed by atoms with Gasteiger partial charge in [-0.1, -0.05) is 13.3 Å². The summed E-state index contributed by atoms with van der Waals surface area (Å²) in [5, 5.41) is 8.38. The molecule has 3 rings (SSSR count). The van der Waals surface area contributed by atoms with Crippen LogP contribution in [0.4, 0.5) is 0 Å². The molecule has 2 aliphatic carbocycles. The lowest BCUT2D eigenvalue weighted by molar-refractivity contribution is 0.247. The van der Waals surface area contributed by atoms with Crippen LogP contribution >= 0.6 is 11.3 Å². The molecule has 1 nitrogen and oxygen atoms in total. The van der Waals surface area contributed by atoms with E-state index < -0.39 is 0 Å². The Labute approximate surface area is 115 Å². The van der Waals surface area contributed by atoms with E-state index in [1.807, 2.05) is 11.3 Å². The second-order valence-electron chi connectivity index (χ2n) is 6.24. The molecule has 1 heterocycles. The predicted molar refractivity (Wildman–Crippen MR) is 79.0 cm³/mol. The average molecular weight is 263 g/mol. The zero-order valence-corrected chi connectivity index (χ0v) is 12.2. The molecular weight excluding hydrogens is 238 g/mol. The van der Waals surface area contributed by atoms with Crippen LogP contribution in [0.5, 0.6) is 0 Å². The summed E-state index contributed by atoms with van der Waals surface area (Å²) in [5.74, 6) is 3.05. The summed E-state index contributed by atoms with van der Waals surface area (Å²) < 4.78 is 0. The van der Waals surface area contributed by atoms with Crippen LogP contribution in [0.15, 0.2) is 16.8 Å². The van der Waals surface area contributed by atoms with Crippen LogP contribution in [-0.4, -0.2) is 12.6 Å². The maximum absolute atomic E-state index is 3.84. The molecule has 1 aromatic heterocycles. The average Bonchev–Trinajstić information content (AvgIpc) is 3.10. The van der Waals surface area contributed by atoms with Gasteiger partial charge in [0.1, 0.15) is 0 Å². The van der Waals surface area contributed by atoms with Crippen molar-refractivity contribution in [2.45, 2.75) is 51.5 Å². The minimum absolute atomic E-state index is 0.731. The first-order valence-corrected chi connectivity index (χ1v) is 8.55. The number of rotatable bonds is 6. The summed E-state index contributed by atoms with van der Waals surface area (Å²) in [6.07, 6.45) is 8.54. The number of hydrogen-bond donors (Lipinski definition) is 1. The van der Waals surface area contributed by atoms with Gasteiger partial charge >= 0.3 is 0 Å².